The van der Waals surface area contributed by atoms with Gasteiger partial charge in [-0.3, -0.25) is 4.79 Å². The molecule has 1 aliphatic heterocycles. The van der Waals surface area contributed by atoms with Crippen LogP contribution >= 0.6 is 0 Å². The molecular formula is C18H27N3O4. The van der Waals surface area contributed by atoms with Crippen molar-refractivity contribution in [2.45, 2.75) is 45.4 Å². The molecule has 2 N–H and O–H groups in total. The number of nitrogens with zero attached hydrogens (tertiary/aromatic N) is 1. The van der Waals surface area contributed by atoms with Crippen molar-refractivity contribution in [2.24, 2.45) is 0 Å². The molecule has 7 nitrogen and oxygen atoms in total. The molecule has 0 spiro atoms. The van der Waals surface area contributed by atoms with E-state index in [9.17, 15) is 9.59 Å². The molecule has 0 aromatic heterocycles. The predicted molar refractivity (Wildman–Crippen MR) is 96.8 cm³/mol. The number of amides is 2. The molecule has 25 heavy (non-hydrogen) atoms. The summed E-state index contributed by atoms with van der Waals surface area (Å²) in [7, 11) is 1.49. The maximum atomic E-state index is 12.0. The number of para-hydroxylation sites is 2. The zero-order valence-electron chi connectivity index (χ0n) is 15.5. The first-order chi connectivity index (χ1) is 11.7. The molecule has 2 amide bonds. The van der Waals surface area contributed by atoms with Crippen LogP contribution in [0.4, 0.5) is 16.2 Å². The highest BCUT2D eigenvalue weighted by atomic mass is 16.6. The zero-order chi connectivity index (χ0) is 18.6. The maximum absolute atomic E-state index is 12.0. The van der Waals surface area contributed by atoms with E-state index in [1.807, 2.05) is 45.0 Å². The van der Waals surface area contributed by atoms with E-state index in [2.05, 4.69) is 10.6 Å². The highest BCUT2D eigenvalue weighted by molar-refractivity contribution is 5.96. The summed E-state index contributed by atoms with van der Waals surface area (Å²) in [5.74, 6) is -0.208. The lowest BCUT2D eigenvalue weighted by Gasteiger charge is -2.40. The molecule has 1 aliphatic rings. The van der Waals surface area contributed by atoms with Crippen molar-refractivity contribution in [3.05, 3.63) is 24.3 Å². The van der Waals surface area contributed by atoms with Crippen molar-refractivity contribution < 1.29 is 19.1 Å². The number of carbonyl (C=O) groups excluding carboxylic acids is 2. The highest BCUT2D eigenvalue weighted by Crippen LogP contribution is 2.25. The number of benzene rings is 1. The summed E-state index contributed by atoms with van der Waals surface area (Å²) in [6.07, 6.45) is -0.833. The van der Waals surface area contributed by atoms with Crippen LogP contribution in [0.5, 0.6) is 0 Å². The molecule has 0 saturated carbocycles. The Kier molecular flexibility index (Phi) is 5.89. The fourth-order valence-electron chi connectivity index (χ4n) is 2.32. The fraction of sp³-hybridized carbons (Fsp3) is 0.556. The number of ether oxygens (including phenoxy) is 2. The van der Waals surface area contributed by atoms with Gasteiger partial charge in [0.1, 0.15) is 11.7 Å². The Morgan fingerprint density at radius 3 is 2.36 bits per heavy atom. The molecule has 0 bridgehead atoms. The minimum atomic E-state index is -0.528. The number of hydrogen-bond donors (Lipinski definition) is 2. The second-order valence-corrected chi connectivity index (χ2v) is 7.14. The van der Waals surface area contributed by atoms with E-state index in [1.165, 1.54) is 7.11 Å². The first-order valence-electron chi connectivity index (χ1n) is 8.37. The molecule has 1 fully saturated rings. The summed E-state index contributed by atoms with van der Waals surface area (Å²) in [6.45, 7) is 8.36. The summed E-state index contributed by atoms with van der Waals surface area (Å²) >= 11 is 0. The number of hydrogen-bond acceptors (Lipinski definition) is 5. The standard InChI is InChI=1S/C18H27N3O4/c1-12(24-5)16(22)20-15-9-7-6-8-14(15)19-13-10-21(11-13)17(23)25-18(2,3)4/h6-9,12-13,19H,10-11H2,1-5H3,(H,20,22). The minimum absolute atomic E-state index is 0.116. The van der Waals surface area contributed by atoms with Crippen LogP contribution in [0.15, 0.2) is 24.3 Å². The molecule has 138 valence electrons. The maximum Gasteiger partial charge on any atom is 0.410 e. The number of rotatable bonds is 5. The quantitative estimate of drug-likeness (QED) is 0.854. The van der Waals surface area contributed by atoms with E-state index in [0.29, 0.717) is 18.8 Å². The van der Waals surface area contributed by atoms with Crippen molar-refractivity contribution in [3.63, 3.8) is 0 Å². The summed E-state index contributed by atoms with van der Waals surface area (Å²) in [6, 6.07) is 7.58. The molecule has 1 aromatic carbocycles. The van der Waals surface area contributed by atoms with Gasteiger partial charge in [-0.15, -0.1) is 0 Å². The number of carbonyl (C=O) groups is 2. The second kappa shape index (κ2) is 7.74. The smallest absolute Gasteiger partial charge is 0.410 e. The Morgan fingerprint density at radius 2 is 1.80 bits per heavy atom. The van der Waals surface area contributed by atoms with Gasteiger partial charge >= 0.3 is 6.09 Å². The van der Waals surface area contributed by atoms with E-state index in [4.69, 9.17) is 9.47 Å². The van der Waals surface area contributed by atoms with Gasteiger partial charge in [0.25, 0.3) is 5.91 Å². The van der Waals surface area contributed by atoms with E-state index < -0.39 is 11.7 Å². The summed E-state index contributed by atoms with van der Waals surface area (Å²) < 4.78 is 10.4. The van der Waals surface area contributed by atoms with Gasteiger partial charge in [0.15, 0.2) is 0 Å². The molecule has 0 radical (unpaired) electrons. The lowest BCUT2D eigenvalue weighted by Crippen LogP contribution is -2.58. The van der Waals surface area contributed by atoms with Gasteiger partial charge in [-0.05, 0) is 39.8 Å². The Hall–Kier alpha value is -2.28. The van der Waals surface area contributed by atoms with E-state index in [-0.39, 0.29) is 18.0 Å². The summed E-state index contributed by atoms with van der Waals surface area (Å²) in [5.41, 5.74) is 1.00. The first-order valence-corrected chi connectivity index (χ1v) is 8.37. The number of likely N-dealkylation sites (tertiary alicyclic amines) is 1. The lowest BCUT2D eigenvalue weighted by molar-refractivity contribution is -0.124. The van der Waals surface area contributed by atoms with Gasteiger partial charge in [0.05, 0.1) is 17.4 Å². The van der Waals surface area contributed by atoms with Gasteiger partial charge < -0.3 is 25.0 Å². The summed E-state index contributed by atoms with van der Waals surface area (Å²) in [5, 5.41) is 6.20. The van der Waals surface area contributed by atoms with Crippen molar-refractivity contribution >= 4 is 23.4 Å². The van der Waals surface area contributed by atoms with Gasteiger partial charge in [-0.2, -0.15) is 0 Å². The average molecular weight is 349 g/mol. The van der Waals surface area contributed by atoms with Crippen LogP contribution in [0.1, 0.15) is 27.7 Å². The molecule has 1 heterocycles. The Labute approximate surface area is 148 Å². The van der Waals surface area contributed by atoms with Crippen molar-refractivity contribution in [1.29, 1.82) is 0 Å². The van der Waals surface area contributed by atoms with Crippen LogP contribution in [0, 0.1) is 0 Å². The third-order valence-corrected chi connectivity index (χ3v) is 3.80. The largest absolute Gasteiger partial charge is 0.444 e. The van der Waals surface area contributed by atoms with Crippen LogP contribution in [-0.2, 0) is 14.3 Å². The molecule has 1 atom stereocenters. The zero-order valence-corrected chi connectivity index (χ0v) is 15.5. The molecular weight excluding hydrogens is 322 g/mol. The third-order valence-electron chi connectivity index (χ3n) is 3.80. The van der Waals surface area contributed by atoms with Crippen LogP contribution in [-0.4, -0.2) is 54.8 Å². The SMILES string of the molecule is COC(C)C(=O)Nc1ccccc1NC1CN(C(=O)OC(C)(C)C)C1. The van der Waals surface area contributed by atoms with E-state index in [1.54, 1.807) is 11.8 Å². The number of anilines is 2. The lowest BCUT2D eigenvalue weighted by atomic mass is 10.1. The van der Waals surface area contributed by atoms with Gasteiger partial charge in [0, 0.05) is 20.2 Å². The van der Waals surface area contributed by atoms with E-state index >= 15 is 0 Å². The monoisotopic (exact) mass is 349 g/mol. The topological polar surface area (TPSA) is 79.9 Å². The average Bonchev–Trinajstić information content (AvgIpc) is 2.49. The first kappa shape index (κ1) is 19.1. The fourth-order valence-corrected chi connectivity index (χ4v) is 2.32. The number of nitrogens with one attached hydrogen (secondary N) is 2. The summed E-state index contributed by atoms with van der Waals surface area (Å²) in [4.78, 5) is 25.6. The molecule has 0 aliphatic carbocycles. The molecule has 1 unspecified atom stereocenters. The van der Waals surface area contributed by atoms with Crippen LogP contribution in [0.2, 0.25) is 0 Å². The van der Waals surface area contributed by atoms with E-state index in [0.717, 1.165) is 5.69 Å². The van der Waals surface area contributed by atoms with Crippen molar-refractivity contribution in [1.82, 2.24) is 4.90 Å². The van der Waals surface area contributed by atoms with Crippen LogP contribution in [0.3, 0.4) is 0 Å². The van der Waals surface area contributed by atoms with Gasteiger partial charge in [0.2, 0.25) is 0 Å². The molecule has 7 heteroatoms. The van der Waals surface area contributed by atoms with Crippen LogP contribution in [0.25, 0.3) is 0 Å². The Bertz CT molecular complexity index is 621. The molecule has 2 rings (SSSR count). The van der Waals surface area contributed by atoms with Crippen LogP contribution < -0.4 is 10.6 Å². The Morgan fingerprint density at radius 1 is 1.20 bits per heavy atom. The third kappa shape index (κ3) is 5.35. The number of methoxy groups -OCH3 is 1. The highest BCUT2D eigenvalue weighted by Gasteiger charge is 2.33. The van der Waals surface area contributed by atoms with Gasteiger partial charge in [-0.1, -0.05) is 12.1 Å². The normalized spacial score (nSPS) is 16.0. The second-order valence-electron chi connectivity index (χ2n) is 7.14. The molecule has 1 aromatic rings. The minimum Gasteiger partial charge on any atom is -0.444 e. The van der Waals surface area contributed by atoms with Gasteiger partial charge in [-0.25, -0.2) is 4.79 Å². The Balaban J connectivity index is 1.90. The van der Waals surface area contributed by atoms with Crippen molar-refractivity contribution in [3.8, 4) is 0 Å². The van der Waals surface area contributed by atoms with Crippen molar-refractivity contribution in [2.75, 3.05) is 30.8 Å². The molecule has 1 saturated heterocycles. The predicted octanol–water partition coefficient (Wildman–Crippen LogP) is 2.69.